The summed E-state index contributed by atoms with van der Waals surface area (Å²) < 4.78 is 0. The van der Waals surface area contributed by atoms with Crippen LogP contribution in [0.15, 0.2) is 159 Å². The van der Waals surface area contributed by atoms with Crippen LogP contribution in [0.2, 0.25) is 0 Å². The smallest absolute Gasteiger partial charge is 0.116 e. The van der Waals surface area contributed by atoms with Gasteiger partial charge < -0.3 is 10.6 Å². The topological polar surface area (TPSA) is 127 Å². The first-order valence-corrected chi connectivity index (χ1v) is 20.6. The van der Waals surface area contributed by atoms with Crippen LogP contribution in [0, 0.1) is 0 Å². The first-order chi connectivity index (χ1) is 27.7. The van der Waals surface area contributed by atoms with E-state index in [1.165, 1.54) is 10.6 Å². The summed E-state index contributed by atoms with van der Waals surface area (Å²) in [5, 5.41) is 18.7. The molecule has 5 heterocycles. The molecule has 10 nitrogen and oxygen atoms in total. The lowest BCUT2D eigenvalue weighted by Crippen LogP contribution is -2.29. The van der Waals surface area contributed by atoms with E-state index in [1.807, 2.05) is 24.8 Å². The first-order valence-electron chi connectivity index (χ1n) is 17.9. The van der Waals surface area contributed by atoms with E-state index in [-0.39, 0.29) is 0 Å². The molecule has 0 radical (unpaired) electrons. The second-order valence-corrected chi connectivity index (χ2v) is 17.7. The molecule has 12 heteroatoms. The summed E-state index contributed by atoms with van der Waals surface area (Å²) in [6.45, 7) is 0. The van der Waals surface area contributed by atoms with Gasteiger partial charge in [0, 0.05) is 90.3 Å². The number of hydrogen-bond acceptors (Lipinski definition) is 10. The lowest BCUT2D eigenvalue weighted by molar-refractivity contribution is 1.22. The molecule has 10 aromatic rings. The van der Waals surface area contributed by atoms with Gasteiger partial charge in [-0.2, -0.15) is 0 Å². The number of fused-ring (bicyclic) bond motifs is 8. The zero-order valence-corrected chi connectivity index (χ0v) is 31.3. The molecule has 264 valence electrons. The van der Waals surface area contributed by atoms with Gasteiger partial charge in [-0.1, -0.05) is 60.7 Å². The van der Waals surface area contributed by atoms with Gasteiger partial charge in [0.15, 0.2) is 0 Å². The fraction of sp³-hybridized carbons (Fsp3) is 0. The van der Waals surface area contributed by atoms with Gasteiger partial charge in [0.1, 0.15) is 25.3 Å². The second kappa shape index (κ2) is 13.5. The number of nitrogens with zero attached hydrogens (tertiary/aromatic N) is 8. The normalized spacial score (nSPS) is 15.1. The lowest BCUT2D eigenvalue weighted by Gasteiger charge is -2.30. The average molecular weight is 759 g/mol. The Bertz CT molecular complexity index is 2750. The van der Waals surface area contributed by atoms with Crippen molar-refractivity contribution < 1.29 is 0 Å². The molecular weight excluding hydrogens is 731 g/mol. The Morgan fingerprint density at radius 2 is 0.625 bits per heavy atom. The molecule has 0 aliphatic carbocycles. The van der Waals surface area contributed by atoms with Crippen LogP contribution in [0.4, 0.5) is 22.7 Å². The van der Waals surface area contributed by atoms with Crippen molar-refractivity contribution >= 4 is 114 Å². The van der Waals surface area contributed by atoms with Crippen molar-refractivity contribution in [3.05, 3.63) is 159 Å². The molecular formula is C44H28N10P2. The van der Waals surface area contributed by atoms with E-state index in [9.17, 15) is 0 Å². The Labute approximate surface area is 322 Å². The maximum absolute atomic E-state index is 4.73. The van der Waals surface area contributed by atoms with Gasteiger partial charge >= 0.3 is 0 Å². The van der Waals surface area contributed by atoms with Crippen molar-refractivity contribution in [1.29, 1.82) is 0 Å². The predicted octanol–water partition coefficient (Wildman–Crippen LogP) is 6.78. The van der Waals surface area contributed by atoms with E-state index < -0.39 is 15.8 Å². The largest absolute Gasteiger partial charge is 0.354 e. The van der Waals surface area contributed by atoms with E-state index in [0.717, 1.165) is 87.6 Å². The highest BCUT2D eigenvalue weighted by Crippen LogP contribution is 2.46. The molecule has 2 N–H and O–H groups in total. The number of benzene rings is 6. The van der Waals surface area contributed by atoms with Crippen molar-refractivity contribution in [2.45, 2.75) is 0 Å². The third kappa shape index (κ3) is 5.66. The van der Waals surface area contributed by atoms with E-state index in [2.05, 4.69) is 140 Å². The Morgan fingerprint density at radius 3 is 0.911 bits per heavy atom. The molecule has 0 unspecified atom stereocenters. The molecule has 0 saturated heterocycles. The fourth-order valence-corrected chi connectivity index (χ4v) is 12.6. The lowest BCUT2D eigenvalue weighted by atomic mass is 10.2. The highest BCUT2D eigenvalue weighted by atomic mass is 31.1. The van der Waals surface area contributed by atoms with Gasteiger partial charge in [0.05, 0.1) is 22.1 Å². The molecule has 0 saturated carbocycles. The van der Waals surface area contributed by atoms with Crippen LogP contribution in [-0.4, -0.2) is 39.9 Å². The monoisotopic (exact) mass is 758 g/mol. The minimum atomic E-state index is -1.22. The molecule has 0 spiro atoms. The number of anilines is 4. The van der Waals surface area contributed by atoms with E-state index in [4.69, 9.17) is 19.9 Å². The maximum atomic E-state index is 4.73. The van der Waals surface area contributed by atoms with Crippen LogP contribution in [-0.2, 0) is 0 Å². The summed E-state index contributed by atoms with van der Waals surface area (Å²) >= 11 is 0. The van der Waals surface area contributed by atoms with Crippen molar-refractivity contribution in [1.82, 2.24) is 39.9 Å². The summed E-state index contributed by atoms with van der Waals surface area (Å²) in [5.74, 6) is 0. The third-order valence-electron chi connectivity index (χ3n) is 10.0. The minimum Gasteiger partial charge on any atom is -0.354 e. The number of nitrogens with one attached hydrogen (secondary N) is 2. The summed E-state index contributed by atoms with van der Waals surface area (Å²) in [7, 11) is -2.45. The van der Waals surface area contributed by atoms with E-state index in [1.54, 1.807) is 25.3 Å². The van der Waals surface area contributed by atoms with Crippen LogP contribution < -0.4 is 42.5 Å². The van der Waals surface area contributed by atoms with Crippen LogP contribution in [0.3, 0.4) is 0 Å². The van der Waals surface area contributed by atoms with Gasteiger partial charge in [0.2, 0.25) is 0 Å². The van der Waals surface area contributed by atoms with Crippen molar-refractivity contribution in [2.24, 2.45) is 0 Å². The van der Waals surface area contributed by atoms with Gasteiger partial charge in [0.25, 0.3) is 0 Å². The van der Waals surface area contributed by atoms with E-state index in [0.29, 0.717) is 0 Å². The van der Waals surface area contributed by atoms with Gasteiger partial charge in [-0.3, -0.25) is 0 Å². The zero-order valence-electron chi connectivity index (χ0n) is 29.5. The summed E-state index contributed by atoms with van der Waals surface area (Å²) in [6, 6.07) is 39.1. The summed E-state index contributed by atoms with van der Waals surface area (Å²) in [5.41, 5.74) is 7.19. The molecule has 1 aliphatic heterocycles. The van der Waals surface area contributed by atoms with Crippen molar-refractivity contribution in [3.8, 4) is 0 Å². The number of aromatic nitrogens is 8. The van der Waals surface area contributed by atoms with Crippen LogP contribution in [0.1, 0.15) is 0 Å². The maximum Gasteiger partial charge on any atom is 0.116 e. The number of hydrogen-bond donors (Lipinski definition) is 2. The molecule has 1 aliphatic rings. The number of rotatable bonds is 2. The van der Waals surface area contributed by atoms with Crippen LogP contribution >= 0.6 is 15.8 Å². The summed E-state index contributed by atoms with van der Waals surface area (Å²) in [4.78, 5) is 36.7. The molecule has 56 heavy (non-hydrogen) atoms. The Hall–Kier alpha value is -6.86. The molecule has 0 bridgehead atoms. The van der Waals surface area contributed by atoms with Crippen LogP contribution in [0.5, 0.6) is 0 Å². The molecule has 0 atom stereocenters. The Balaban J connectivity index is 1.31. The molecule has 0 fully saturated rings. The second-order valence-electron chi connectivity index (χ2n) is 13.4. The quantitative estimate of drug-likeness (QED) is 0.182. The molecule has 4 aromatic heterocycles. The Kier molecular flexibility index (Phi) is 7.83. The van der Waals surface area contributed by atoms with Gasteiger partial charge in [-0.25, -0.2) is 39.9 Å². The van der Waals surface area contributed by atoms with E-state index >= 15 is 0 Å². The highest BCUT2D eigenvalue weighted by Gasteiger charge is 2.30. The molecule has 11 rings (SSSR count). The van der Waals surface area contributed by atoms with Gasteiger partial charge in [-0.15, -0.1) is 0 Å². The predicted molar refractivity (Wildman–Crippen MR) is 229 cm³/mol. The molecule has 6 aromatic carbocycles. The van der Waals surface area contributed by atoms with Crippen molar-refractivity contribution in [2.75, 3.05) is 10.6 Å². The first kappa shape index (κ1) is 32.6. The highest BCUT2D eigenvalue weighted by molar-refractivity contribution is 7.81. The average Bonchev–Trinajstić information content (AvgIpc) is 3.25. The summed E-state index contributed by atoms with van der Waals surface area (Å²) in [6.07, 6.45) is 14.0. The third-order valence-corrected chi connectivity index (χ3v) is 15.1. The zero-order chi connectivity index (χ0) is 37.0. The van der Waals surface area contributed by atoms with Crippen LogP contribution in [0.25, 0.3) is 43.6 Å². The standard InChI is InChI=1S/C44H28N10P2/c1-3-7-31(8-4-1)55-41-11-27-19-45-23-49-33(27)15-37(41)53-39-17-35-29(21-47-25-51-35)13-43(39)56(32-9-5-2-6-10-32)44-14-30-22-48-26-52-36(30)18-40(44)54-38-16-34-28(12-42(38)55)20-46-24-50-34/h1-26,53-54H. The Morgan fingerprint density at radius 1 is 0.339 bits per heavy atom. The SMILES string of the molecule is c1ccc(P2c3cc4cncnc4cc3Nc3cc4ncncc4cc3P(c3ccccc3)c3cc4cncnc4cc3Nc3cc4ncncc4cc32)cc1. The molecule has 0 amide bonds. The van der Waals surface area contributed by atoms with Crippen molar-refractivity contribution in [3.63, 3.8) is 0 Å². The minimum absolute atomic E-state index is 0.846. The fourth-order valence-electron chi connectivity index (χ4n) is 7.47. The van der Waals surface area contributed by atoms with Gasteiger partial charge in [-0.05, 0) is 75.0 Å².